The Labute approximate surface area is 159 Å². The predicted molar refractivity (Wildman–Crippen MR) is 107 cm³/mol. The molecule has 0 bridgehead atoms. The van der Waals surface area contributed by atoms with E-state index in [-0.39, 0.29) is 5.41 Å². The lowest BCUT2D eigenvalue weighted by atomic mass is 9.72. The maximum Gasteiger partial charge on any atom is 0.119 e. The van der Waals surface area contributed by atoms with E-state index in [1.165, 1.54) is 5.56 Å². The molecule has 1 aromatic rings. The molecule has 0 spiro atoms. The van der Waals surface area contributed by atoms with Gasteiger partial charge in [-0.3, -0.25) is 4.90 Å². The molecule has 0 N–H and O–H groups in total. The van der Waals surface area contributed by atoms with Gasteiger partial charge in [0.15, 0.2) is 0 Å². The van der Waals surface area contributed by atoms with Crippen LogP contribution in [0, 0.1) is 5.41 Å². The van der Waals surface area contributed by atoms with Crippen molar-refractivity contribution in [2.45, 2.75) is 46.5 Å². The molecule has 1 aliphatic heterocycles. The number of nitrogens with zero attached hydrogens (tertiary/aromatic N) is 1. The van der Waals surface area contributed by atoms with E-state index < -0.39 is 0 Å². The SMILES string of the molecule is CC(C)(C)CC(C)(C)c1ccc(OCCOCCN2CCOCC2)cc1. The summed E-state index contributed by atoms with van der Waals surface area (Å²) in [7, 11) is 0. The Morgan fingerprint density at radius 3 is 2.19 bits per heavy atom. The molecule has 0 atom stereocenters. The van der Waals surface area contributed by atoms with E-state index in [2.05, 4.69) is 63.8 Å². The fraction of sp³-hybridized carbons (Fsp3) is 0.727. The topological polar surface area (TPSA) is 30.9 Å². The standard InChI is InChI=1S/C22H37NO3/c1-21(2,3)18-22(4,5)19-6-8-20(9-7-19)26-17-16-25-15-12-23-10-13-24-14-11-23/h6-9H,10-18H2,1-5H3. The molecule has 4 heteroatoms. The van der Waals surface area contributed by atoms with Crippen molar-refractivity contribution in [2.24, 2.45) is 5.41 Å². The second kappa shape index (κ2) is 9.72. The van der Waals surface area contributed by atoms with Crippen molar-refractivity contribution in [3.8, 4) is 5.75 Å². The molecular formula is C22H37NO3. The number of rotatable bonds is 9. The van der Waals surface area contributed by atoms with Gasteiger partial charge in [-0.15, -0.1) is 0 Å². The number of morpholine rings is 1. The van der Waals surface area contributed by atoms with Crippen molar-refractivity contribution in [3.05, 3.63) is 29.8 Å². The molecule has 1 aliphatic rings. The zero-order valence-corrected chi connectivity index (χ0v) is 17.3. The molecule has 0 aliphatic carbocycles. The Hall–Kier alpha value is -1.10. The average molecular weight is 364 g/mol. The molecule has 0 aromatic heterocycles. The molecule has 1 aromatic carbocycles. The normalized spacial score (nSPS) is 16.7. The fourth-order valence-corrected chi connectivity index (χ4v) is 3.77. The average Bonchev–Trinajstić information content (AvgIpc) is 2.57. The van der Waals surface area contributed by atoms with Crippen LogP contribution >= 0.6 is 0 Å². The van der Waals surface area contributed by atoms with E-state index in [1.54, 1.807) is 0 Å². The second-order valence-electron chi connectivity index (χ2n) is 9.06. The molecule has 148 valence electrons. The van der Waals surface area contributed by atoms with Gasteiger partial charge in [0.25, 0.3) is 0 Å². The molecule has 1 heterocycles. The van der Waals surface area contributed by atoms with Gasteiger partial charge in [-0.05, 0) is 34.9 Å². The molecule has 0 amide bonds. The lowest BCUT2D eigenvalue weighted by molar-refractivity contribution is 0.0170. The van der Waals surface area contributed by atoms with Crippen molar-refractivity contribution in [1.29, 1.82) is 0 Å². The van der Waals surface area contributed by atoms with E-state index >= 15 is 0 Å². The highest BCUT2D eigenvalue weighted by molar-refractivity contribution is 5.31. The summed E-state index contributed by atoms with van der Waals surface area (Å²) in [5, 5.41) is 0. The minimum absolute atomic E-state index is 0.166. The molecule has 1 saturated heterocycles. The van der Waals surface area contributed by atoms with Crippen molar-refractivity contribution in [2.75, 3.05) is 52.7 Å². The molecule has 0 saturated carbocycles. The minimum Gasteiger partial charge on any atom is -0.491 e. The Morgan fingerprint density at radius 2 is 1.58 bits per heavy atom. The van der Waals surface area contributed by atoms with Gasteiger partial charge < -0.3 is 14.2 Å². The monoisotopic (exact) mass is 363 g/mol. The summed E-state index contributed by atoms with van der Waals surface area (Å²) in [5.41, 5.74) is 1.85. The molecular weight excluding hydrogens is 326 g/mol. The highest BCUT2D eigenvalue weighted by Gasteiger charge is 2.27. The van der Waals surface area contributed by atoms with Crippen molar-refractivity contribution < 1.29 is 14.2 Å². The van der Waals surface area contributed by atoms with Gasteiger partial charge >= 0.3 is 0 Å². The summed E-state index contributed by atoms with van der Waals surface area (Å²) in [6.45, 7) is 18.2. The first kappa shape index (κ1) is 21.2. The first-order valence-corrected chi connectivity index (χ1v) is 9.87. The Morgan fingerprint density at radius 1 is 0.923 bits per heavy atom. The van der Waals surface area contributed by atoms with Crippen LogP contribution < -0.4 is 4.74 Å². The number of ether oxygens (including phenoxy) is 3. The summed E-state index contributed by atoms with van der Waals surface area (Å²) >= 11 is 0. The maximum atomic E-state index is 5.81. The van der Waals surface area contributed by atoms with Crippen molar-refractivity contribution in [1.82, 2.24) is 4.90 Å². The van der Waals surface area contributed by atoms with Crippen LogP contribution in [-0.2, 0) is 14.9 Å². The highest BCUT2D eigenvalue weighted by Crippen LogP contribution is 2.36. The molecule has 0 radical (unpaired) electrons. The third kappa shape index (κ3) is 7.65. The van der Waals surface area contributed by atoms with Crippen LogP contribution in [0.3, 0.4) is 0 Å². The highest BCUT2D eigenvalue weighted by atomic mass is 16.5. The summed E-state index contributed by atoms with van der Waals surface area (Å²) < 4.78 is 16.8. The summed E-state index contributed by atoms with van der Waals surface area (Å²) in [5.74, 6) is 0.914. The summed E-state index contributed by atoms with van der Waals surface area (Å²) in [4.78, 5) is 2.38. The van der Waals surface area contributed by atoms with E-state index in [0.29, 0.717) is 18.6 Å². The zero-order valence-electron chi connectivity index (χ0n) is 17.3. The van der Waals surface area contributed by atoms with Gasteiger partial charge in [0.05, 0.1) is 26.4 Å². The van der Waals surface area contributed by atoms with Crippen LogP contribution in [-0.4, -0.2) is 57.6 Å². The number of hydrogen-bond donors (Lipinski definition) is 0. The molecule has 4 nitrogen and oxygen atoms in total. The van der Waals surface area contributed by atoms with Crippen LogP contribution in [0.15, 0.2) is 24.3 Å². The van der Waals surface area contributed by atoms with E-state index in [4.69, 9.17) is 14.2 Å². The third-order valence-electron chi connectivity index (χ3n) is 4.76. The smallest absolute Gasteiger partial charge is 0.119 e. The summed E-state index contributed by atoms with van der Waals surface area (Å²) in [6, 6.07) is 8.54. The molecule has 26 heavy (non-hydrogen) atoms. The van der Waals surface area contributed by atoms with Crippen molar-refractivity contribution in [3.63, 3.8) is 0 Å². The zero-order chi connectivity index (χ0) is 19.0. The van der Waals surface area contributed by atoms with Gasteiger partial charge in [-0.2, -0.15) is 0 Å². The lowest BCUT2D eigenvalue weighted by Gasteiger charge is -2.33. The number of benzene rings is 1. The lowest BCUT2D eigenvalue weighted by Crippen LogP contribution is -2.38. The van der Waals surface area contributed by atoms with E-state index in [9.17, 15) is 0 Å². The Bertz CT molecular complexity index is 513. The van der Waals surface area contributed by atoms with Gasteiger partial charge in [-0.25, -0.2) is 0 Å². The van der Waals surface area contributed by atoms with Crippen LogP contribution in [0.2, 0.25) is 0 Å². The van der Waals surface area contributed by atoms with Crippen LogP contribution in [0.25, 0.3) is 0 Å². The third-order valence-corrected chi connectivity index (χ3v) is 4.76. The van der Waals surface area contributed by atoms with Crippen LogP contribution in [0.5, 0.6) is 5.75 Å². The van der Waals surface area contributed by atoms with Gasteiger partial charge in [0.2, 0.25) is 0 Å². The first-order chi connectivity index (χ1) is 12.3. The van der Waals surface area contributed by atoms with Gasteiger partial charge in [0.1, 0.15) is 12.4 Å². The fourth-order valence-electron chi connectivity index (χ4n) is 3.77. The van der Waals surface area contributed by atoms with E-state index in [0.717, 1.165) is 51.6 Å². The van der Waals surface area contributed by atoms with Crippen LogP contribution in [0.1, 0.15) is 46.6 Å². The van der Waals surface area contributed by atoms with Gasteiger partial charge in [-0.1, -0.05) is 46.8 Å². The summed E-state index contributed by atoms with van der Waals surface area (Å²) in [6.07, 6.45) is 1.15. The second-order valence-corrected chi connectivity index (χ2v) is 9.06. The van der Waals surface area contributed by atoms with Crippen LogP contribution in [0.4, 0.5) is 0 Å². The van der Waals surface area contributed by atoms with E-state index in [1.807, 2.05) is 0 Å². The quantitative estimate of drug-likeness (QED) is 0.617. The van der Waals surface area contributed by atoms with Crippen molar-refractivity contribution >= 4 is 0 Å². The molecule has 2 rings (SSSR count). The largest absolute Gasteiger partial charge is 0.491 e. The van der Waals surface area contributed by atoms with Gasteiger partial charge in [0, 0.05) is 19.6 Å². The molecule has 0 unspecified atom stereocenters. The Kier molecular flexibility index (Phi) is 7.93. The number of hydrogen-bond acceptors (Lipinski definition) is 4. The Balaban J connectivity index is 1.65. The maximum absolute atomic E-state index is 5.81. The molecule has 1 fully saturated rings. The first-order valence-electron chi connectivity index (χ1n) is 9.87. The predicted octanol–water partition coefficient (Wildman–Crippen LogP) is 4.13. The minimum atomic E-state index is 0.166.